The molecule has 6 nitrogen and oxygen atoms in total. The van der Waals surface area contributed by atoms with Gasteiger partial charge >= 0.3 is 0 Å². The topological polar surface area (TPSA) is 90.7 Å². The summed E-state index contributed by atoms with van der Waals surface area (Å²) in [5.41, 5.74) is 2.83. The summed E-state index contributed by atoms with van der Waals surface area (Å²) in [6.07, 6.45) is 1.47. The molecule has 3 N–H and O–H groups in total. The van der Waals surface area contributed by atoms with Crippen LogP contribution >= 0.6 is 0 Å². The van der Waals surface area contributed by atoms with Gasteiger partial charge in [-0.05, 0) is 35.9 Å². The third kappa shape index (κ3) is 3.26. The van der Waals surface area contributed by atoms with Crippen LogP contribution in [-0.4, -0.2) is 18.3 Å². The number of hydrazine groups is 1. The monoisotopic (exact) mass is 328 g/mol. The van der Waals surface area contributed by atoms with E-state index in [9.17, 15) is 14.0 Å². The molecule has 1 aliphatic heterocycles. The highest BCUT2D eigenvalue weighted by Crippen LogP contribution is 2.34. The molecule has 1 amide bonds. The quantitative estimate of drug-likeness (QED) is 0.387. The Bertz CT molecular complexity index is 848. The Kier molecular flexibility index (Phi) is 4.26. The normalized spacial score (nSPS) is 14.2. The molecular weight excluding hydrogens is 315 g/mol. The molecular formula is C17H13FN2O4. The molecule has 7 heteroatoms. The zero-order chi connectivity index (χ0) is 17.1. The molecule has 0 aromatic heterocycles. The number of ketones is 1. The van der Waals surface area contributed by atoms with Gasteiger partial charge in [-0.1, -0.05) is 12.1 Å². The predicted molar refractivity (Wildman–Crippen MR) is 83.6 cm³/mol. The molecule has 24 heavy (non-hydrogen) atoms. The molecule has 0 atom stereocenters. The molecule has 0 radical (unpaired) electrons. The number of Topliss-reactive ketones (excluding diaryl/α,β-unsaturated/α-hetero) is 1. The third-order valence-electron chi connectivity index (χ3n) is 3.32. The van der Waals surface area contributed by atoms with Gasteiger partial charge < -0.3 is 9.47 Å². The number of amides is 1. The van der Waals surface area contributed by atoms with Crippen LogP contribution < -0.4 is 20.7 Å². The fourth-order valence-corrected chi connectivity index (χ4v) is 2.20. The number of nitrogens with one attached hydrogen (secondary N) is 1. The van der Waals surface area contributed by atoms with Crippen molar-refractivity contribution in [2.75, 3.05) is 6.61 Å². The van der Waals surface area contributed by atoms with Crippen LogP contribution in [0.25, 0.3) is 6.08 Å². The number of nitrogens with two attached hydrogens (primary N) is 1. The first kappa shape index (κ1) is 15.7. The molecule has 0 saturated carbocycles. The molecule has 0 saturated heterocycles. The summed E-state index contributed by atoms with van der Waals surface area (Å²) in [4.78, 5) is 23.4. The summed E-state index contributed by atoms with van der Waals surface area (Å²) in [5, 5.41) is 0. The lowest BCUT2D eigenvalue weighted by molar-refractivity contribution is -0.123. The number of allylic oxidation sites excluding steroid dienone is 1. The van der Waals surface area contributed by atoms with Crippen molar-refractivity contribution in [1.82, 2.24) is 5.43 Å². The minimum atomic E-state index is -0.487. The third-order valence-corrected chi connectivity index (χ3v) is 3.32. The largest absolute Gasteiger partial charge is 0.484 e. The lowest BCUT2D eigenvalue weighted by Gasteiger charge is -2.06. The van der Waals surface area contributed by atoms with Crippen molar-refractivity contribution in [2.45, 2.75) is 0 Å². The summed E-state index contributed by atoms with van der Waals surface area (Å²) in [7, 11) is 0. The van der Waals surface area contributed by atoms with Crippen LogP contribution in [0.4, 0.5) is 4.39 Å². The summed E-state index contributed by atoms with van der Waals surface area (Å²) < 4.78 is 24.0. The number of hydrogen-bond acceptors (Lipinski definition) is 5. The second-order valence-electron chi connectivity index (χ2n) is 5.01. The minimum absolute atomic E-state index is 0.0902. The number of hydrogen-bond donors (Lipinski definition) is 2. The first-order valence-electron chi connectivity index (χ1n) is 7.03. The molecule has 0 aliphatic carbocycles. The van der Waals surface area contributed by atoms with Crippen molar-refractivity contribution in [3.05, 3.63) is 65.2 Å². The average Bonchev–Trinajstić information content (AvgIpc) is 2.88. The maximum absolute atomic E-state index is 13.2. The van der Waals surface area contributed by atoms with E-state index in [4.69, 9.17) is 15.3 Å². The van der Waals surface area contributed by atoms with Gasteiger partial charge in [0.1, 0.15) is 17.3 Å². The summed E-state index contributed by atoms with van der Waals surface area (Å²) >= 11 is 0. The van der Waals surface area contributed by atoms with Gasteiger partial charge in [0.05, 0.1) is 5.56 Å². The Balaban J connectivity index is 1.81. The Morgan fingerprint density at radius 1 is 1.29 bits per heavy atom. The van der Waals surface area contributed by atoms with E-state index >= 15 is 0 Å². The van der Waals surface area contributed by atoms with Crippen LogP contribution in [-0.2, 0) is 4.79 Å². The second kappa shape index (κ2) is 6.51. The Morgan fingerprint density at radius 2 is 2.12 bits per heavy atom. The number of halogens is 1. The van der Waals surface area contributed by atoms with Crippen molar-refractivity contribution in [3.63, 3.8) is 0 Å². The zero-order valence-electron chi connectivity index (χ0n) is 12.4. The maximum atomic E-state index is 13.2. The van der Waals surface area contributed by atoms with Gasteiger partial charge in [-0.2, -0.15) is 0 Å². The Labute approximate surface area is 136 Å². The number of ether oxygens (including phenoxy) is 2. The van der Waals surface area contributed by atoms with E-state index in [1.165, 1.54) is 24.3 Å². The standard InChI is InChI=1S/C17H13FN2O4/c18-11-3-1-2-10(6-11)7-15-17(22)13-5-4-12(8-14(13)24-15)23-9-16(21)20-19/h1-8H,9,19H2,(H,20,21). The number of fused-ring (bicyclic) bond motifs is 1. The maximum Gasteiger partial charge on any atom is 0.271 e. The van der Waals surface area contributed by atoms with E-state index < -0.39 is 11.7 Å². The first-order valence-corrected chi connectivity index (χ1v) is 7.03. The molecule has 0 fully saturated rings. The molecule has 0 spiro atoms. The van der Waals surface area contributed by atoms with Gasteiger partial charge in [-0.25, -0.2) is 10.2 Å². The van der Waals surface area contributed by atoms with Crippen LogP contribution in [0.5, 0.6) is 11.5 Å². The van der Waals surface area contributed by atoms with E-state index in [0.29, 0.717) is 22.6 Å². The molecule has 0 unspecified atom stereocenters. The fraction of sp³-hybridized carbons (Fsp3) is 0.0588. The molecule has 0 bridgehead atoms. The SMILES string of the molecule is NNC(=O)COc1ccc2c(c1)OC(=Cc1cccc(F)c1)C2=O. The Hall–Kier alpha value is -3.19. The van der Waals surface area contributed by atoms with Gasteiger partial charge in [0.25, 0.3) is 5.91 Å². The van der Waals surface area contributed by atoms with Crippen LogP contribution in [0.3, 0.4) is 0 Å². The van der Waals surface area contributed by atoms with E-state index in [1.54, 1.807) is 24.3 Å². The van der Waals surface area contributed by atoms with Crippen LogP contribution in [0, 0.1) is 5.82 Å². The van der Waals surface area contributed by atoms with E-state index in [-0.39, 0.29) is 18.1 Å². The Morgan fingerprint density at radius 3 is 2.88 bits per heavy atom. The number of carbonyl (C=O) groups excluding carboxylic acids is 2. The van der Waals surface area contributed by atoms with Gasteiger partial charge in [0.15, 0.2) is 12.4 Å². The van der Waals surface area contributed by atoms with Crippen LogP contribution in [0.15, 0.2) is 48.2 Å². The number of carbonyl (C=O) groups is 2. The zero-order valence-corrected chi connectivity index (χ0v) is 12.4. The number of rotatable bonds is 4. The highest BCUT2D eigenvalue weighted by atomic mass is 19.1. The fourth-order valence-electron chi connectivity index (χ4n) is 2.20. The van der Waals surface area contributed by atoms with E-state index in [2.05, 4.69) is 0 Å². The second-order valence-corrected chi connectivity index (χ2v) is 5.01. The van der Waals surface area contributed by atoms with Crippen molar-refractivity contribution < 1.29 is 23.5 Å². The first-order chi connectivity index (χ1) is 11.6. The van der Waals surface area contributed by atoms with Crippen molar-refractivity contribution in [3.8, 4) is 11.5 Å². The lowest BCUT2D eigenvalue weighted by Crippen LogP contribution is -2.34. The molecule has 2 aromatic carbocycles. The highest BCUT2D eigenvalue weighted by molar-refractivity contribution is 6.14. The van der Waals surface area contributed by atoms with Gasteiger partial charge in [-0.15, -0.1) is 0 Å². The highest BCUT2D eigenvalue weighted by Gasteiger charge is 2.27. The van der Waals surface area contributed by atoms with E-state index in [0.717, 1.165) is 0 Å². The van der Waals surface area contributed by atoms with Crippen LogP contribution in [0.1, 0.15) is 15.9 Å². The van der Waals surface area contributed by atoms with Crippen molar-refractivity contribution >= 4 is 17.8 Å². The molecule has 1 heterocycles. The smallest absolute Gasteiger partial charge is 0.271 e. The summed E-state index contributed by atoms with van der Waals surface area (Å²) in [5.74, 6) is 4.53. The van der Waals surface area contributed by atoms with E-state index in [1.807, 2.05) is 5.43 Å². The van der Waals surface area contributed by atoms with Crippen molar-refractivity contribution in [2.24, 2.45) is 5.84 Å². The molecule has 1 aliphatic rings. The van der Waals surface area contributed by atoms with Crippen LogP contribution in [0.2, 0.25) is 0 Å². The number of benzene rings is 2. The van der Waals surface area contributed by atoms with Gasteiger partial charge in [-0.3, -0.25) is 15.0 Å². The van der Waals surface area contributed by atoms with Gasteiger partial charge in [0.2, 0.25) is 5.78 Å². The predicted octanol–water partition coefficient (Wildman–Crippen LogP) is 1.81. The molecule has 2 aromatic rings. The molecule has 3 rings (SSSR count). The summed E-state index contributed by atoms with van der Waals surface area (Å²) in [6, 6.07) is 10.4. The summed E-state index contributed by atoms with van der Waals surface area (Å²) in [6.45, 7) is -0.255. The van der Waals surface area contributed by atoms with Gasteiger partial charge in [0, 0.05) is 6.07 Å². The minimum Gasteiger partial charge on any atom is -0.484 e. The molecule has 122 valence electrons. The lowest BCUT2D eigenvalue weighted by atomic mass is 10.1. The van der Waals surface area contributed by atoms with Crippen molar-refractivity contribution in [1.29, 1.82) is 0 Å². The average molecular weight is 328 g/mol.